The summed E-state index contributed by atoms with van der Waals surface area (Å²) in [5, 5.41) is 0. The van der Waals surface area contributed by atoms with Gasteiger partial charge >= 0.3 is 31.1 Å². The molecular formula is C32H36U. The molecule has 0 radical (unpaired) electrons. The average Bonchev–Trinajstić information content (AvgIpc) is 2.78. The summed E-state index contributed by atoms with van der Waals surface area (Å²) in [5.41, 5.74) is 9.47. The van der Waals surface area contributed by atoms with Crippen LogP contribution in [0.4, 0.5) is 0 Å². The topological polar surface area (TPSA) is 0 Å². The molecule has 0 fully saturated rings. The summed E-state index contributed by atoms with van der Waals surface area (Å²) in [6.45, 7) is 23.3. The Hall–Kier alpha value is -2.59. The number of benzene rings is 4. The molecule has 33 heavy (non-hydrogen) atoms. The Morgan fingerprint density at radius 1 is 0.303 bits per heavy atom. The van der Waals surface area contributed by atoms with Crippen molar-refractivity contribution in [1.82, 2.24) is 0 Å². The fraction of sp³-hybridized carbons (Fsp3) is 0.125. The maximum Gasteiger partial charge on any atom is 4.00 e. The molecule has 0 saturated heterocycles. The fourth-order valence-electron chi connectivity index (χ4n) is 2.35. The van der Waals surface area contributed by atoms with E-state index >= 15 is 0 Å². The van der Waals surface area contributed by atoms with Gasteiger partial charge in [-0.3, -0.25) is 0 Å². The van der Waals surface area contributed by atoms with Gasteiger partial charge < -0.3 is 0 Å². The molecule has 0 nitrogen and oxygen atoms in total. The number of rotatable bonds is 0. The van der Waals surface area contributed by atoms with Crippen molar-refractivity contribution in [3.63, 3.8) is 0 Å². The van der Waals surface area contributed by atoms with E-state index in [-0.39, 0.29) is 31.1 Å². The Morgan fingerprint density at radius 2 is 0.424 bits per heavy atom. The van der Waals surface area contributed by atoms with Gasteiger partial charge in [0.2, 0.25) is 0 Å². The molecule has 0 aliphatic carbocycles. The predicted octanol–water partition coefficient (Wildman–Crippen LogP) is 8.71. The normalized spacial score (nSPS) is 8.85. The van der Waals surface area contributed by atoms with Crippen molar-refractivity contribution in [3.05, 3.63) is 169 Å². The molecule has 0 heterocycles. The molecule has 0 aliphatic heterocycles. The van der Waals surface area contributed by atoms with Crippen molar-refractivity contribution in [2.45, 2.75) is 27.7 Å². The largest absolute Gasteiger partial charge is 4.00 e. The summed E-state index contributed by atoms with van der Waals surface area (Å²) in [6.07, 6.45) is 0. The minimum Gasteiger partial charge on any atom is -0.199 e. The maximum absolute atomic E-state index is 3.76. The summed E-state index contributed by atoms with van der Waals surface area (Å²) in [6, 6.07) is 32.5. The molecule has 168 valence electrons. The summed E-state index contributed by atoms with van der Waals surface area (Å²) in [5.74, 6) is 0. The molecule has 0 bridgehead atoms. The first-order valence-electron chi connectivity index (χ1n) is 10.7. The fourth-order valence-corrected chi connectivity index (χ4v) is 2.35. The average molecular weight is 659 g/mol. The zero-order valence-electron chi connectivity index (χ0n) is 20.6. The number of aryl methyl sites for hydroxylation is 4. The summed E-state index contributed by atoms with van der Waals surface area (Å²) in [4.78, 5) is 0. The second-order valence-electron chi connectivity index (χ2n) is 7.94. The van der Waals surface area contributed by atoms with Gasteiger partial charge in [-0.1, -0.05) is 22.3 Å². The minimum atomic E-state index is 0. The van der Waals surface area contributed by atoms with E-state index in [0.717, 1.165) is 22.3 Å². The van der Waals surface area contributed by atoms with Gasteiger partial charge in [0.15, 0.2) is 0 Å². The molecule has 4 aromatic rings. The van der Waals surface area contributed by atoms with Crippen molar-refractivity contribution in [1.29, 1.82) is 0 Å². The predicted molar refractivity (Wildman–Crippen MR) is 143 cm³/mol. The van der Waals surface area contributed by atoms with Crippen LogP contribution >= 0.6 is 0 Å². The van der Waals surface area contributed by atoms with Crippen molar-refractivity contribution < 1.29 is 31.1 Å². The summed E-state index contributed by atoms with van der Waals surface area (Å²) < 4.78 is 0. The molecular weight excluding hydrogens is 622 g/mol. The van der Waals surface area contributed by atoms with Gasteiger partial charge in [0.25, 0.3) is 0 Å². The van der Waals surface area contributed by atoms with Crippen LogP contribution in [0.15, 0.2) is 97.1 Å². The number of hydrogen-bond donors (Lipinski definition) is 0. The van der Waals surface area contributed by atoms with Crippen LogP contribution in [0.3, 0.4) is 0 Å². The van der Waals surface area contributed by atoms with E-state index in [1.54, 1.807) is 0 Å². The SMILES string of the molecule is [CH2-]c1ccc(C)cc1.[CH2-]c1ccc(C)cc1.[CH2-]c1ccc(C)cc1.[CH2-]c1ccc(C)cc1.[U+4]. The van der Waals surface area contributed by atoms with Gasteiger partial charge in [0.05, 0.1) is 0 Å². The second kappa shape index (κ2) is 17.0. The van der Waals surface area contributed by atoms with Crippen molar-refractivity contribution >= 4 is 0 Å². The van der Waals surface area contributed by atoms with Crippen molar-refractivity contribution in [2.75, 3.05) is 0 Å². The van der Waals surface area contributed by atoms with Gasteiger partial charge in [0.1, 0.15) is 0 Å². The van der Waals surface area contributed by atoms with Crippen LogP contribution in [-0.2, 0) is 0 Å². The number of hydrogen-bond acceptors (Lipinski definition) is 0. The van der Waals surface area contributed by atoms with Gasteiger partial charge in [-0.05, 0) is 27.7 Å². The molecule has 0 spiro atoms. The Kier molecular flexibility index (Phi) is 15.6. The zero-order valence-corrected chi connectivity index (χ0v) is 24.7. The minimum absolute atomic E-state index is 0. The van der Waals surface area contributed by atoms with Crippen LogP contribution in [0.2, 0.25) is 0 Å². The third-order valence-corrected chi connectivity index (χ3v) is 4.48. The van der Waals surface area contributed by atoms with E-state index in [2.05, 4.69) is 104 Å². The van der Waals surface area contributed by atoms with E-state index < -0.39 is 0 Å². The van der Waals surface area contributed by atoms with Crippen LogP contribution < -0.4 is 0 Å². The third-order valence-electron chi connectivity index (χ3n) is 4.48. The molecule has 1 heteroatoms. The maximum atomic E-state index is 3.76. The van der Waals surface area contributed by atoms with E-state index in [9.17, 15) is 0 Å². The van der Waals surface area contributed by atoms with Gasteiger partial charge in [-0.15, -0.1) is 48.5 Å². The molecule has 0 amide bonds. The Labute approximate surface area is 226 Å². The van der Waals surface area contributed by atoms with Crippen molar-refractivity contribution in [3.8, 4) is 0 Å². The van der Waals surface area contributed by atoms with E-state index in [0.29, 0.717) is 0 Å². The molecule has 0 unspecified atom stereocenters. The zero-order chi connectivity index (χ0) is 23.9. The van der Waals surface area contributed by atoms with E-state index in [1.807, 2.05) is 48.5 Å². The van der Waals surface area contributed by atoms with Gasteiger partial charge in [-0.2, -0.15) is 98.5 Å². The molecule has 0 atom stereocenters. The van der Waals surface area contributed by atoms with Gasteiger partial charge in [-0.25, -0.2) is 0 Å². The third kappa shape index (κ3) is 15.8. The summed E-state index contributed by atoms with van der Waals surface area (Å²) >= 11 is 0. The standard InChI is InChI=1S/4C8H9.U/c4*1-7-3-5-8(2)6-4-7;/h4*3-6H,1H2,2H3;/q4*-1;+4. The Bertz CT molecular complexity index is 736. The molecule has 0 saturated carbocycles. The van der Waals surface area contributed by atoms with Crippen LogP contribution in [-0.4, -0.2) is 0 Å². The van der Waals surface area contributed by atoms with E-state index in [4.69, 9.17) is 0 Å². The second-order valence-corrected chi connectivity index (χ2v) is 7.94. The van der Waals surface area contributed by atoms with Crippen LogP contribution in [0.1, 0.15) is 44.5 Å². The first-order chi connectivity index (χ1) is 15.2. The van der Waals surface area contributed by atoms with Crippen LogP contribution in [0, 0.1) is 86.5 Å². The van der Waals surface area contributed by atoms with Crippen molar-refractivity contribution in [2.24, 2.45) is 0 Å². The Balaban J connectivity index is 0.000000410. The Morgan fingerprint density at radius 3 is 0.515 bits per heavy atom. The molecule has 4 rings (SSSR count). The monoisotopic (exact) mass is 658 g/mol. The first kappa shape index (κ1) is 30.4. The molecule has 0 aromatic heterocycles. The van der Waals surface area contributed by atoms with E-state index in [1.165, 1.54) is 22.3 Å². The molecule has 4 aromatic carbocycles. The van der Waals surface area contributed by atoms with Crippen LogP contribution in [0.5, 0.6) is 0 Å². The van der Waals surface area contributed by atoms with Crippen LogP contribution in [0.25, 0.3) is 0 Å². The quantitative estimate of drug-likeness (QED) is 0.166. The smallest absolute Gasteiger partial charge is 0.199 e. The first-order valence-corrected chi connectivity index (χ1v) is 10.7. The van der Waals surface area contributed by atoms with Gasteiger partial charge in [0, 0.05) is 0 Å². The molecule has 0 aliphatic rings. The summed E-state index contributed by atoms with van der Waals surface area (Å²) in [7, 11) is 0. The molecule has 0 N–H and O–H groups in total.